The lowest BCUT2D eigenvalue weighted by Crippen LogP contribution is -2.50. The maximum absolute atomic E-state index is 13.4. The van der Waals surface area contributed by atoms with Gasteiger partial charge in [-0.05, 0) is 97.5 Å². The number of carbonyl (C=O) groups is 1. The predicted octanol–water partition coefficient (Wildman–Crippen LogP) is 5.62. The molecular weight excluding hydrogens is 506 g/mol. The van der Waals surface area contributed by atoms with Gasteiger partial charge in [-0.15, -0.1) is 0 Å². The third kappa shape index (κ3) is 6.14. The quantitative estimate of drug-likeness (QED) is 0.385. The molecule has 4 heterocycles. The highest BCUT2D eigenvalue weighted by Crippen LogP contribution is 2.40. The lowest BCUT2D eigenvalue weighted by atomic mass is 9.88. The summed E-state index contributed by atoms with van der Waals surface area (Å²) in [7, 11) is 0. The number of aromatic nitrogens is 1. The Labute approximate surface area is 244 Å². The van der Waals surface area contributed by atoms with Crippen LogP contribution in [0.2, 0.25) is 0 Å². The molecule has 2 aromatic carbocycles. The van der Waals surface area contributed by atoms with Gasteiger partial charge in [-0.1, -0.05) is 42.5 Å². The molecule has 41 heavy (non-hydrogen) atoms. The van der Waals surface area contributed by atoms with E-state index in [0.717, 1.165) is 69.7 Å². The van der Waals surface area contributed by atoms with E-state index in [9.17, 15) is 4.79 Å². The highest BCUT2D eigenvalue weighted by molar-refractivity contribution is 6.40. The van der Waals surface area contributed by atoms with E-state index < -0.39 is 0 Å². The number of hydrogen-bond donors (Lipinski definition) is 0. The van der Waals surface area contributed by atoms with Crippen molar-refractivity contribution in [1.29, 1.82) is 0 Å². The van der Waals surface area contributed by atoms with Crippen LogP contribution in [-0.4, -0.2) is 70.6 Å². The fourth-order valence-electron chi connectivity index (χ4n) is 6.74. The van der Waals surface area contributed by atoms with Gasteiger partial charge in [0, 0.05) is 57.6 Å². The van der Waals surface area contributed by atoms with Crippen molar-refractivity contribution in [2.24, 2.45) is 4.99 Å². The topological polar surface area (TPSA) is 52.0 Å². The maximum Gasteiger partial charge on any atom is 0.268 e. The Balaban J connectivity index is 0.890. The highest BCUT2D eigenvalue weighted by Gasteiger charge is 2.29. The van der Waals surface area contributed by atoms with Crippen LogP contribution < -0.4 is 0 Å². The van der Waals surface area contributed by atoms with Crippen LogP contribution in [0.25, 0.3) is 0 Å². The molecule has 1 aliphatic carbocycles. The molecule has 0 spiro atoms. The molecule has 4 aliphatic rings. The van der Waals surface area contributed by atoms with Crippen molar-refractivity contribution in [3.8, 4) is 0 Å². The molecular formula is C35H41N5O. The molecule has 0 bridgehead atoms. The number of aliphatic imine (C=N–C) groups is 1. The summed E-state index contributed by atoms with van der Waals surface area (Å²) < 4.78 is 0. The van der Waals surface area contributed by atoms with Gasteiger partial charge in [0.05, 0.1) is 5.69 Å². The normalized spacial score (nSPS) is 20.2. The lowest BCUT2D eigenvalue weighted by Gasteiger charge is -2.34. The number of piperidine rings is 1. The first-order valence-corrected chi connectivity index (χ1v) is 15.5. The number of amides is 1. The minimum atomic E-state index is 0.120. The SMILES string of the molecule is Cc1ccc(CN2CCC(c3ccc4c(c3)CC(C(=O)N3CCN(Cc5ccc(C6CC6)cc5)CC3)=N4)CC2)cn1. The smallest absolute Gasteiger partial charge is 0.268 e. The van der Waals surface area contributed by atoms with Crippen molar-refractivity contribution in [3.05, 3.63) is 94.3 Å². The first kappa shape index (κ1) is 26.5. The molecule has 2 saturated heterocycles. The van der Waals surface area contributed by atoms with Crippen molar-refractivity contribution < 1.29 is 4.79 Å². The Hall–Kier alpha value is -3.35. The van der Waals surface area contributed by atoms with E-state index in [4.69, 9.17) is 4.99 Å². The van der Waals surface area contributed by atoms with Crippen molar-refractivity contribution in [2.75, 3.05) is 39.3 Å². The molecule has 0 unspecified atom stereocenters. The molecule has 3 aromatic rings. The number of nitrogens with zero attached hydrogens (tertiary/aromatic N) is 5. The first-order chi connectivity index (χ1) is 20.1. The molecule has 6 heteroatoms. The average molecular weight is 548 g/mol. The Morgan fingerprint density at radius 1 is 0.756 bits per heavy atom. The number of hydrogen-bond acceptors (Lipinski definition) is 5. The van der Waals surface area contributed by atoms with E-state index in [0.29, 0.717) is 18.1 Å². The van der Waals surface area contributed by atoms with Gasteiger partial charge in [0.2, 0.25) is 0 Å². The van der Waals surface area contributed by atoms with Gasteiger partial charge in [-0.25, -0.2) is 4.99 Å². The van der Waals surface area contributed by atoms with Crippen molar-refractivity contribution in [2.45, 2.75) is 64.0 Å². The number of carbonyl (C=O) groups excluding carboxylic acids is 1. The van der Waals surface area contributed by atoms with Crippen LogP contribution in [-0.2, 0) is 24.3 Å². The van der Waals surface area contributed by atoms with Crippen molar-refractivity contribution in [1.82, 2.24) is 19.7 Å². The molecule has 1 amide bonds. The van der Waals surface area contributed by atoms with Crippen LogP contribution in [0.4, 0.5) is 5.69 Å². The highest BCUT2D eigenvalue weighted by atomic mass is 16.2. The second-order valence-corrected chi connectivity index (χ2v) is 12.6. The largest absolute Gasteiger partial charge is 0.335 e. The molecule has 1 aromatic heterocycles. The van der Waals surface area contributed by atoms with Gasteiger partial charge in [0.25, 0.3) is 5.91 Å². The van der Waals surface area contributed by atoms with Crippen molar-refractivity contribution in [3.63, 3.8) is 0 Å². The molecule has 3 aliphatic heterocycles. The van der Waals surface area contributed by atoms with Crippen LogP contribution in [0.3, 0.4) is 0 Å². The van der Waals surface area contributed by atoms with Gasteiger partial charge in [-0.3, -0.25) is 19.6 Å². The summed E-state index contributed by atoms with van der Waals surface area (Å²) in [6, 6.07) is 20.2. The standard InChI is InChI=1S/C35H41N5O/c1-25-2-3-27(22-36-25)24-38-14-12-30(13-15-38)31-10-11-33-32(20-31)21-34(37-33)35(41)40-18-16-39(17-19-40)23-26-4-6-28(7-5-26)29-8-9-29/h2-7,10-11,20,22,29-30H,8-9,12-19,21,23-24H2,1H3. The zero-order chi connectivity index (χ0) is 27.8. The fraction of sp³-hybridized carbons (Fsp3) is 0.457. The number of piperazine rings is 1. The zero-order valence-electron chi connectivity index (χ0n) is 24.3. The Bertz CT molecular complexity index is 1410. The lowest BCUT2D eigenvalue weighted by molar-refractivity contribution is -0.125. The number of pyridine rings is 1. The number of rotatable bonds is 7. The third-order valence-electron chi connectivity index (χ3n) is 9.50. The van der Waals surface area contributed by atoms with Gasteiger partial charge < -0.3 is 4.90 Å². The summed E-state index contributed by atoms with van der Waals surface area (Å²) in [6.45, 7) is 9.57. The van der Waals surface area contributed by atoms with E-state index >= 15 is 0 Å². The molecule has 1 saturated carbocycles. The van der Waals surface area contributed by atoms with Gasteiger partial charge in [0.1, 0.15) is 5.71 Å². The van der Waals surface area contributed by atoms with Crippen LogP contribution in [0.5, 0.6) is 0 Å². The predicted molar refractivity (Wildman–Crippen MR) is 164 cm³/mol. The second kappa shape index (κ2) is 11.5. The third-order valence-corrected chi connectivity index (χ3v) is 9.50. The zero-order valence-corrected chi connectivity index (χ0v) is 24.3. The number of benzene rings is 2. The molecule has 6 nitrogen and oxygen atoms in total. The Morgan fingerprint density at radius 3 is 2.12 bits per heavy atom. The minimum Gasteiger partial charge on any atom is -0.335 e. The summed E-state index contributed by atoms with van der Waals surface area (Å²) in [5.41, 5.74) is 9.54. The van der Waals surface area contributed by atoms with E-state index in [2.05, 4.69) is 69.4 Å². The van der Waals surface area contributed by atoms with Gasteiger partial charge in [-0.2, -0.15) is 0 Å². The van der Waals surface area contributed by atoms with E-state index in [1.165, 1.54) is 53.5 Å². The summed E-state index contributed by atoms with van der Waals surface area (Å²) >= 11 is 0. The maximum atomic E-state index is 13.4. The number of likely N-dealkylation sites (tertiary alicyclic amines) is 1. The summed E-state index contributed by atoms with van der Waals surface area (Å²) in [4.78, 5) is 29.7. The first-order valence-electron chi connectivity index (χ1n) is 15.5. The Kier molecular flexibility index (Phi) is 7.44. The second-order valence-electron chi connectivity index (χ2n) is 12.6. The van der Waals surface area contributed by atoms with Gasteiger partial charge in [0.15, 0.2) is 0 Å². The molecule has 0 atom stereocenters. The fourth-order valence-corrected chi connectivity index (χ4v) is 6.74. The van der Waals surface area contributed by atoms with Crippen LogP contribution in [0.15, 0.2) is 65.8 Å². The summed E-state index contributed by atoms with van der Waals surface area (Å²) in [6.07, 6.45) is 7.70. The molecule has 212 valence electrons. The number of aryl methyl sites for hydroxylation is 1. The Morgan fingerprint density at radius 2 is 1.41 bits per heavy atom. The van der Waals surface area contributed by atoms with Gasteiger partial charge >= 0.3 is 0 Å². The van der Waals surface area contributed by atoms with E-state index in [1.54, 1.807) is 0 Å². The summed E-state index contributed by atoms with van der Waals surface area (Å²) in [5, 5.41) is 0. The summed E-state index contributed by atoms with van der Waals surface area (Å²) in [5.74, 6) is 1.50. The minimum absolute atomic E-state index is 0.120. The van der Waals surface area contributed by atoms with Crippen LogP contribution >= 0.6 is 0 Å². The molecule has 0 radical (unpaired) electrons. The molecule has 3 fully saturated rings. The monoisotopic (exact) mass is 547 g/mol. The average Bonchev–Trinajstić information content (AvgIpc) is 3.77. The number of fused-ring (bicyclic) bond motifs is 1. The molecule has 7 rings (SSSR count). The van der Waals surface area contributed by atoms with Crippen LogP contribution in [0, 0.1) is 6.92 Å². The van der Waals surface area contributed by atoms with Crippen LogP contribution in [0.1, 0.15) is 71.0 Å². The van der Waals surface area contributed by atoms with Crippen molar-refractivity contribution >= 4 is 17.3 Å². The van der Waals surface area contributed by atoms with E-state index in [-0.39, 0.29) is 5.91 Å². The molecule has 0 N–H and O–H groups in total. The van der Waals surface area contributed by atoms with E-state index in [1.807, 2.05) is 18.0 Å².